The summed E-state index contributed by atoms with van der Waals surface area (Å²) in [6.45, 7) is 3.76. The molecule has 32 heavy (non-hydrogen) atoms. The Morgan fingerprint density at radius 1 is 1.00 bits per heavy atom. The minimum Gasteiger partial charge on any atom is -0.494 e. The average molecular weight is 447 g/mol. The van der Waals surface area contributed by atoms with Crippen LogP contribution in [0.2, 0.25) is 0 Å². The number of aromatic nitrogens is 2. The molecule has 3 rings (SSSR count). The van der Waals surface area contributed by atoms with Crippen molar-refractivity contribution >= 4 is 23.0 Å². The topological polar surface area (TPSA) is 111 Å². The molecule has 0 aliphatic rings. The maximum absolute atomic E-state index is 14.4. The molecule has 0 unspecified atom stereocenters. The van der Waals surface area contributed by atoms with Crippen LogP contribution >= 0.6 is 0 Å². The van der Waals surface area contributed by atoms with Crippen LogP contribution in [0.4, 0.5) is 31.8 Å². The number of benzene rings is 2. The highest BCUT2D eigenvalue weighted by molar-refractivity contribution is 5.67. The highest BCUT2D eigenvalue weighted by Gasteiger charge is 2.20. The van der Waals surface area contributed by atoms with Crippen molar-refractivity contribution in [2.24, 2.45) is 0 Å². The fraction of sp³-hybridized carbons (Fsp3) is 0.238. The number of nitrogens with one attached hydrogen (secondary N) is 2. The second kappa shape index (κ2) is 11.4. The van der Waals surface area contributed by atoms with E-state index in [-0.39, 0.29) is 46.6 Å². The van der Waals surface area contributed by atoms with Crippen LogP contribution in [0.5, 0.6) is 11.5 Å². The van der Waals surface area contributed by atoms with E-state index in [0.717, 1.165) is 6.07 Å². The molecule has 0 radical (unpaired) electrons. The van der Waals surface area contributed by atoms with Gasteiger partial charge >= 0.3 is 0 Å². The maximum atomic E-state index is 14.4. The Hall–Kier alpha value is -4.02. The van der Waals surface area contributed by atoms with Crippen molar-refractivity contribution < 1.29 is 23.2 Å². The van der Waals surface area contributed by atoms with Gasteiger partial charge in [0, 0.05) is 18.7 Å². The zero-order valence-electron chi connectivity index (χ0n) is 18.0. The van der Waals surface area contributed by atoms with Gasteiger partial charge in [0.1, 0.15) is 17.3 Å². The van der Waals surface area contributed by atoms with Crippen LogP contribution in [0.1, 0.15) is 19.4 Å². The molecule has 0 amide bonds. The first-order valence-corrected chi connectivity index (χ1v) is 9.59. The van der Waals surface area contributed by atoms with Gasteiger partial charge in [0.15, 0.2) is 23.1 Å². The van der Waals surface area contributed by atoms with Crippen LogP contribution in [0, 0.1) is 21.7 Å². The van der Waals surface area contributed by atoms with Crippen molar-refractivity contribution in [1.82, 2.24) is 9.97 Å². The largest absolute Gasteiger partial charge is 0.494 e. The molecule has 9 nitrogen and oxygen atoms in total. The minimum atomic E-state index is -0.856. The van der Waals surface area contributed by atoms with Crippen LogP contribution in [0.15, 0.2) is 42.7 Å². The summed E-state index contributed by atoms with van der Waals surface area (Å²) in [6.07, 6.45) is 2.66. The number of ether oxygens (including phenoxy) is 2. The van der Waals surface area contributed by atoms with Gasteiger partial charge in [-0.15, -0.1) is 0 Å². The molecule has 1 heterocycles. The molecule has 3 aromatic rings. The monoisotopic (exact) mass is 447 g/mol. The lowest BCUT2D eigenvalue weighted by Gasteiger charge is -2.13. The molecule has 2 aromatic carbocycles. The molecule has 0 bridgehead atoms. The van der Waals surface area contributed by atoms with Crippen molar-refractivity contribution in [2.45, 2.75) is 20.4 Å². The molecule has 170 valence electrons. The van der Waals surface area contributed by atoms with Gasteiger partial charge in [-0.2, -0.15) is 0 Å². The van der Waals surface area contributed by atoms with Crippen LogP contribution < -0.4 is 20.1 Å². The number of hydrogen-bond acceptors (Lipinski definition) is 8. The number of anilines is 3. The standard InChI is InChI=1S/C19H17F2N5O4.C2H6/c1-29-14-7-15(30-2)19(21)11(18(14)20)8-22-16-9-24-17(10-23-16)25-12-5-3-4-6-13(12)26(27)28;1-2/h3-7,9-10H,8H2,1-2H3,(H,22,23)(H,24,25);1-2H3. The van der Waals surface area contributed by atoms with E-state index in [1.807, 2.05) is 13.8 Å². The number of halogens is 2. The molecule has 0 fully saturated rings. The number of hydrogen-bond donors (Lipinski definition) is 2. The fourth-order valence-electron chi connectivity index (χ4n) is 2.63. The van der Waals surface area contributed by atoms with Crippen molar-refractivity contribution in [1.29, 1.82) is 0 Å². The number of nitrogens with zero attached hydrogens (tertiary/aromatic N) is 3. The molecule has 0 aliphatic heterocycles. The molecule has 0 saturated heterocycles. The lowest BCUT2D eigenvalue weighted by Crippen LogP contribution is -2.09. The van der Waals surface area contributed by atoms with Crippen molar-refractivity contribution in [2.75, 3.05) is 24.9 Å². The summed E-state index contributed by atoms with van der Waals surface area (Å²) in [5, 5.41) is 16.6. The van der Waals surface area contributed by atoms with E-state index in [1.54, 1.807) is 12.1 Å². The highest BCUT2D eigenvalue weighted by Crippen LogP contribution is 2.31. The Morgan fingerprint density at radius 3 is 2.09 bits per heavy atom. The first-order chi connectivity index (χ1) is 15.4. The Morgan fingerprint density at radius 2 is 1.56 bits per heavy atom. The minimum absolute atomic E-state index is 0.112. The molecule has 0 aliphatic carbocycles. The lowest BCUT2D eigenvalue weighted by atomic mass is 10.1. The Labute approximate surface area is 183 Å². The summed E-state index contributed by atoms with van der Waals surface area (Å²) in [5.74, 6) is -1.52. The van der Waals surface area contributed by atoms with E-state index in [4.69, 9.17) is 9.47 Å². The second-order valence-corrected chi connectivity index (χ2v) is 5.93. The second-order valence-electron chi connectivity index (χ2n) is 5.93. The molecule has 0 atom stereocenters. The summed E-state index contributed by atoms with van der Waals surface area (Å²) < 4.78 is 38.6. The van der Waals surface area contributed by atoms with E-state index < -0.39 is 16.6 Å². The zero-order valence-corrected chi connectivity index (χ0v) is 18.0. The normalized spacial score (nSPS) is 9.94. The summed E-state index contributed by atoms with van der Waals surface area (Å²) in [4.78, 5) is 18.8. The average Bonchev–Trinajstić information content (AvgIpc) is 2.82. The molecular weight excluding hydrogens is 424 g/mol. The smallest absolute Gasteiger partial charge is 0.292 e. The summed E-state index contributed by atoms with van der Waals surface area (Å²) >= 11 is 0. The molecule has 11 heteroatoms. The number of nitro benzene ring substituents is 1. The van der Waals surface area contributed by atoms with E-state index in [9.17, 15) is 18.9 Å². The predicted molar refractivity (Wildman–Crippen MR) is 117 cm³/mol. The third kappa shape index (κ3) is 5.56. The van der Waals surface area contributed by atoms with Crippen LogP contribution in [0.3, 0.4) is 0 Å². The van der Waals surface area contributed by atoms with Crippen molar-refractivity contribution in [3.8, 4) is 11.5 Å². The maximum Gasteiger partial charge on any atom is 0.292 e. The van der Waals surface area contributed by atoms with Gasteiger partial charge in [0.25, 0.3) is 5.69 Å². The lowest BCUT2D eigenvalue weighted by molar-refractivity contribution is -0.383. The number of para-hydroxylation sites is 2. The van der Waals surface area contributed by atoms with Gasteiger partial charge in [-0.05, 0) is 6.07 Å². The van der Waals surface area contributed by atoms with Gasteiger partial charge in [-0.3, -0.25) is 10.1 Å². The number of methoxy groups -OCH3 is 2. The molecule has 2 N–H and O–H groups in total. The molecule has 0 spiro atoms. The van der Waals surface area contributed by atoms with Gasteiger partial charge in [0.05, 0.1) is 37.1 Å². The fourth-order valence-corrected chi connectivity index (χ4v) is 2.63. The Kier molecular flexibility index (Phi) is 8.63. The highest BCUT2D eigenvalue weighted by atomic mass is 19.1. The predicted octanol–water partition coefficient (Wildman–Crippen LogP) is 5.06. The van der Waals surface area contributed by atoms with Gasteiger partial charge in [-0.25, -0.2) is 18.7 Å². The van der Waals surface area contributed by atoms with Gasteiger partial charge in [-0.1, -0.05) is 26.0 Å². The van der Waals surface area contributed by atoms with E-state index in [0.29, 0.717) is 0 Å². The quantitative estimate of drug-likeness (QED) is 0.364. The third-order valence-electron chi connectivity index (χ3n) is 4.13. The van der Waals surface area contributed by atoms with E-state index in [1.165, 1.54) is 38.7 Å². The van der Waals surface area contributed by atoms with Crippen LogP contribution in [-0.2, 0) is 6.54 Å². The summed E-state index contributed by atoms with van der Waals surface area (Å²) in [5.41, 5.74) is -0.139. The van der Waals surface area contributed by atoms with Crippen molar-refractivity contribution in [3.63, 3.8) is 0 Å². The number of nitro groups is 1. The molecule has 0 saturated carbocycles. The number of rotatable bonds is 8. The summed E-state index contributed by atoms with van der Waals surface area (Å²) in [6, 6.07) is 7.21. The van der Waals surface area contributed by atoms with E-state index in [2.05, 4.69) is 20.6 Å². The third-order valence-corrected chi connectivity index (χ3v) is 4.13. The first kappa shape index (κ1) is 24.3. The van der Waals surface area contributed by atoms with Crippen LogP contribution in [-0.4, -0.2) is 29.1 Å². The SMILES string of the molecule is CC.COc1cc(OC)c(F)c(CNc2cnc(Nc3ccccc3[N+](=O)[O-])cn2)c1F. The molecular formula is C21H23F2N5O4. The van der Waals surface area contributed by atoms with Gasteiger partial charge in [0.2, 0.25) is 0 Å². The summed E-state index contributed by atoms with van der Waals surface area (Å²) in [7, 11) is 2.53. The van der Waals surface area contributed by atoms with Gasteiger partial charge < -0.3 is 20.1 Å². The zero-order chi connectivity index (χ0) is 23.7. The Bertz CT molecular complexity index is 1040. The Balaban J connectivity index is 0.00000176. The molecule has 1 aromatic heterocycles. The van der Waals surface area contributed by atoms with E-state index >= 15 is 0 Å². The first-order valence-electron chi connectivity index (χ1n) is 9.59. The van der Waals surface area contributed by atoms with Crippen LogP contribution in [0.25, 0.3) is 0 Å². The van der Waals surface area contributed by atoms with Crippen molar-refractivity contribution in [3.05, 3.63) is 70.0 Å².